The quantitative estimate of drug-likeness (QED) is 0.211. The summed E-state index contributed by atoms with van der Waals surface area (Å²) in [6.07, 6.45) is -3.80. The van der Waals surface area contributed by atoms with Crippen LogP contribution in [0.5, 0.6) is 17.2 Å². The third-order valence-electron chi connectivity index (χ3n) is 5.44. The lowest BCUT2D eigenvalue weighted by Gasteiger charge is -2.27. The van der Waals surface area contributed by atoms with Crippen molar-refractivity contribution in [3.8, 4) is 17.2 Å². The van der Waals surface area contributed by atoms with Crippen LogP contribution in [0.3, 0.4) is 0 Å². The van der Waals surface area contributed by atoms with Crippen molar-refractivity contribution >= 4 is 7.82 Å². The Kier molecular flexibility index (Phi) is 10.6. The molecule has 0 aromatic heterocycles. The van der Waals surface area contributed by atoms with Gasteiger partial charge in [-0.05, 0) is 55.0 Å². The van der Waals surface area contributed by atoms with Crippen LogP contribution in [0.2, 0.25) is 0 Å². The van der Waals surface area contributed by atoms with E-state index in [9.17, 15) is 22.8 Å². The second kappa shape index (κ2) is 12.8. The Bertz CT molecular complexity index is 1050. The van der Waals surface area contributed by atoms with E-state index in [0.29, 0.717) is 24.3 Å². The number of alkyl halides is 3. The van der Waals surface area contributed by atoms with Gasteiger partial charge in [0.05, 0.1) is 45.1 Å². The number of phosphoric ester groups is 1. The summed E-state index contributed by atoms with van der Waals surface area (Å²) in [6.45, 7) is -1.31. The molecule has 0 aliphatic rings. The van der Waals surface area contributed by atoms with Crippen LogP contribution in [0.15, 0.2) is 36.4 Å². The molecule has 1 atom stereocenters. The zero-order chi connectivity index (χ0) is 27.0. The molecule has 5 N–H and O–H groups in total. The summed E-state index contributed by atoms with van der Waals surface area (Å²) in [5.41, 5.74) is 4.52. The van der Waals surface area contributed by atoms with Crippen molar-refractivity contribution in [2.24, 2.45) is 5.73 Å². The minimum absolute atomic E-state index is 0.00219. The molecule has 0 aliphatic heterocycles. The fraction of sp³-hybridized carbons (Fsp3) is 0.478. The van der Waals surface area contributed by atoms with Gasteiger partial charge in [-0.1, -0.05) is 12.1 Å². The normalized spacial score (nSPS) is 13.8. The van der Waals surface area contributed by atoms with Gasteiger partial charge in [-0.15, -0.1) is 0 Å². The van der Waals surface area contributed by atoms with Crippen molar-refractivity contribution in [2.45, 2.75) is 37.4 Å². The zero-order valence-corrected chi connectivity index (χ0v) is 20.8. The van der Waals surface area contributed by atoms with Gasteiger partial charge in [0.15, 0.2) is 0 Å². The monoisotopic (exact) mass is 537 g/mol. The molecule has 0 spiro atoms. The highest BCUT2D eigenvalue weighted by Crippen LogP contribution is 2.38. The SMILES string of the molecule is COc1ccc(CCCOc2ccc(CCC(N)(CO)COP(=O)(O)O)cc2C(F)(F)F)c(OC)c1. The van der Waals surface area contributed by atoms with Crippen molar-refractivity contribution in [3.63, 3.8) is 0 Å². The number of benzene rings is 2. The van der Waals surface area contributed by atoms with Gasteiger partial charge in [0.1, 0.15) is 17.2 Å². The fourth-order valence-electron chi connectivity index (χ4n) is 3.39. The van der Waals surface area contributed by atoms with Crippen LogP contribution in [-0.4, -0.2) is 54.5 Å². The molecule has 36 heavy (non-hydrogen) atoms. The van der Waals surface area contributed by atoms with E-state index >= 15 is 0 Å². The molecule has 0 amide bonds. The standard InChI is InChI=1S/C23H31F3NO8P/c1-32-18-7-6-17(21(13-18)33-2)4-3-11-34-20-8-5-16(12-19(20)23(24,25)26)9-10-22(27,14-28)15-35-36(29,30)31/h5-8,12-13,28H,3-4,9-11,14-15,27H2,1-2H3,(H2,29,30,31). The highest BCUT2D eigenvalue weighted by atomic mass is 31.2. The van der Waals surface area contributed by atoms with Gasteiger partial charge in [0, 0.05) is 6.07 Å². The van der Waals surface area contributed by atoms with Gasteiger partial charge in [-0.25, -0.2) is 4.57 Å². The van der Waals surface area contributed by atoms with Gasteiger partial charge >= 0.3 is 14.0 Å². The Morgan fingerprint density at radius 2 is 1.72 bits per heavy atom. The molecule has 202 valence electrons. The molecule has 0 heterocycles. The maximum atomic E-state index is 13.7. The Labute approximate surface area is 207 Å². The molecule has 0 saturated carbocycles. The molecule has 0 bridgehead atoms. The van der Waals surface area contributed by atoms with E-state index in [1.807, 2.05) is 6.07 Å². The lowest BCUT2D eigenvalue weighted by atomic mass is 9.93. The number of nitrogens with two attached hydrogens (primary N) is 1. The number of halogens is 3. The van der Waals surface area contributed by atoms with E-state index in [0.717, 1.165) is 11.6 Å². The topological polar surface area (TPSA) is 141 Å². The van der Waals surface area contributed by atoms with E-state index < -0.39 is 38.3 Å². The lowest BCUT2D eigenvalue weighted by molar-refractivity contribution is -0.139. The highest BCUT2D eigenvalue weighted by Gasteiger charge is 2.35. The average Bonchev–Trinajstić information content (AvgIpc) is 2.83. The van der Waals surface area contributed by atoms with Crippen LogP contribution < -0.4 is 19.9 Å². The van der Waals surface area contributed by atoms with Crippen molar-refractivity contribution < 1.29 is 51.4 Å². The minimum Gasteiger partial charge on any atom is -0.497 e. The molecular formula is C23H31F3NO8P. The Morgan fingerprint density at radius 1 is 1.00 bits per heavy atom. The number of aliphatic hydroxyl groups is 1. The second-order valence-electron chi connectivity index (χ2n) is 8.24. The van der Waals surface area contributed by atoms with Crippen molar-refractivity contribution in [1.29, 1.82) is 0 Å². The first-order valence-electron chi connectivity index (χ1n) is 10.9. The van der Waals surface area contributed by atoms with Crippen LogP contribution in [0, 0.1) is 0 Å². The number of rotatable bonds is 14. The summed E-state index contributed by atoms with van der Waals surface area (Å²) in [4.78, 5) is 17.6. The fourth-order valence-corrected chi connectivity index (χ4v) is 3.81. The molecule has 0 radical (unpaired) electrons. The predicted molar refractivity (Wildman–Crippen MR) is 125 cm³/mol. The van der Waals surface area contributed by atoms with Crippen LogP contribution >= 0.6 is 7.82 Å². The molecule has 0 aliphatic carbocycles. The van der Waals surface area contributed by atoms with Crippen molar-refractivity contribution in [3.05, 3.63) is 53.1 Å². The molecule has 0 fully saturated rings. The van der Waals surface area contributed by atoms with Crippen LogP contribution in [0.1, 0.15) is 29.5 Å². The first kappa shape index (κ1) is 29.9. The smallest absolute Gasteiger partial charge is 0.469 e. The molecule has 2 rings (SSSR count). The second-order valence-corrected chi connectivity index (χ2v) is 9.48. The summed E-state index contributed by atoms with van der Waals surface area (Å²) < 4.78 is 72.2. The number of ether oxygens (including phenoxy) is 3. The van der Waals surface area contributed by atoms with Crippen LogP contribution in [0.4, 0.5) is 13.2 Å². The number of hydrogen-bond donors (Lipinski definition) is 4. The van der Waals surface area contributed by atoms with Gasteiger partial charge in [0.2, 0.25) is 0 Å². The van der Waals surface area contributed by atoms with E-state index in [1.54, 1.807) is 12.1 Å². The Hall–Kier alpha value is -2.34. The molecule has 0 saturated heterocycles. The molecular weight excluding hydrogens is 506 g/mol. The Balaban J connectivity index is 2.04. The lowest BCUT2D eigenvalue weighted by Crippen LogP contribution is -2.48. The van der Waals surface area contributed by atoms with Gasteiger partial charge in [-0.3, -0.25) is 4.52 Å². The average molecular weight is 537 g/mol. The molecule has 1 unspecified atom stereocenters. The largest absolute Gasteiger partial charge is 0.497 e. The Morgan fingerprint density at radius 3 is 2.31 bits per heavy atom. The minimum atomic E-state index is -4.82. The molecule has 2 aromatic rings. The van der Waals surface area contributed by atoms with E-state index in [4.69, 9.17) is 29.7 Å². The molecule has 13 heteroatoms. The van der Waals surface area contributed by atoms with Gasteiger partial charge in [-0.2, -0.15) is 13.2 Å². The molecule has 2 aromatic carbocycles. The predicted octanol–water partition coefficient (Wildman–Crippen LogP) is 3.47. The summed E-state index contributed by atoms with van der Waals surface area (Å²) in [5.74, 6) is 0.917. The summed E-state index contributed by atoms with van der Waals surface area (Å²) in [6, 6.07) is 8.91. The van der Waals surface area contributed by atoms with Gasteiger partial charge < -0.3 is 34.8 Å². The maximum Gasteiger partial charge on any atom is 0.469 e. The van der Waals surface area contributed by atoms with Crippen LogP contribution in [0.25, 0.3) is 0 Å². The summed E-state index contributed by atoms with van der Waals surface area (Å²) in [7, 11) is -1.77. The molecule has 9 nitrogen and oxygen atoms in total. The van der Waals surface area contributed by atoms with Crippen molar-refractivity contribution in [2.75, 3.05) is 34.0 Å². The van der Waals surface area contributed by atoms with Crippen molar-refractivity contribution in [1.82, 2.24) is 0 Å². The number of hydrogen-bond acceptors (Lipinski definition) is 7. The number of methoxy groups -OCH3 is 2. The third kappa shape index (κ3) is 9.27. The van der Waals surface area contributed by atoms with E-state index in [2.05, 4.69) is 4.52 Å². The summed E-state index contributed by atoms with van der Waals surface area (Å²) in [5, 5.41) is 9.48. The maximum absolute atomic E-state index is 13.7. The number of aryl methyl sites for hydroxylation is 2. The van der Waals surface area contributed by atoms with Gasteiger partial charge in [0.25, 0.3) is 0 Å². The highest BCUT2D eigenvalue weighted by molar-refractivity contribution is 7.46. The third-order valence-corrected chi connectivity index (χ3v) is 5.90. The first-order chi connectivity index (χ1) is 16.8. The first-order valence-corrected chi connectivity index (χ1v) is 12.5. The van der Waals surface area contributed by atoms with E-state index in [1.165, 1.54) is 26.4 Å². The zero-order valence-electron chi connectivity index (χ0n) is 20.0. The summed E-state index contributed by atoms with van der Waals surface area (Å²) >= 11 is 0. The van der Waals surface area contributed by atoms with Crippen LogP contribution in [-0.2, 0) is 28.1 Å². The van der Waals surface area contributed by atoms with E-state index in [-0.39, 0.29) is 30.8 Å². The number of aliphatic hydroxyl groups excluding tert-OH is 1. The number of phosphoric acid groups is 1.